The fraction of sp³-hybridized carbons (Fsp3) is 0.571. The molecule has 1 aromatic heterocycles. The van der Waals surface area contributed by atoms with E-state index in [-0.39, 0.29) is 6.54 Å². The van der Waals surface area contributed by atoms with Gasteiger partial charge in [0.2, 0.25) is 0 Å². The number of aliphatic imine (C=N–C) groups is 1. The summed E-state index contributed by atoms with van der Waals surface area (Å²) in [5, 5.41) is 2.73. The normalized spacial score (nSPS) is 13.8. The van der Waals surface area contributed by atoms with Crippen molar-refractivity contribution in [2.45, 2.75) is 38.5 Å². The van der Waals surface area contributed by atoms with Crippen molar-refractivity contribution in [3.05, 3.63) is 23.4 Å². The summed E-state index contributed by atoms with van der Waals surface area (Å²) in [7, 11) is 0. The Morgan fingerprint density at radius 3 is 3.00 bits per heavy atom. The zero-order valence-electron chi connectivity index (χ0n) is 10.9. The van der Waals surface area contributed by atoms with Crippen molar-refractivity contribution >= 4 is 12.0 Å². The number of hydrogen-bond acceptors (Lipinski definition) is 3. The molecule has 3 nitrogen and oxygen atoms in total. The number of aromatic nitrogens is 1. The summed E-state index contributed by atoms with van der Waals surface area (Å²) >= 11 is 0. The van der Waals surface area contributed by atoms with E-state index in [4.69, 9.17) is 0 Å². The Labute approximate surface area is 112 Å². The van der Waals surface area contributed by atoms with Crippen LogP contribution in [-0.2, 0) is 12.8 Å². The topological polar surface area (TPSA) is 37.3 Å². The van der Waals surface area contributed by atoms with Crippen LogP contribution >= 0.6 is 0 Å². The minimum absolute atomic E-state index is 0.216. The first-order valence-corrected chi connectivity index (χ1v) is 6.76. The Kier molecular flexibility index (Phi) is 5.39. The largest absolute Gasteiger partial charge is 0.311 e. The molecule has 104 valence electrons. The van der Waals surface area contributed by atoms with Gasteiger partial charge in [0.1, 0.15) is 0 Å². The van der Waals surface area contributed by atoms with E-state index in [1.165, 1.54) is 5.56 Å². The monoisotopic (exact) mass is 267 g/mol. The van der Waals surface area contributed by atoms with Crippen LogP contribution in [0.5, 0.6) is 0 Å². The summed E-state index contributed by atoms with van der Waals surface area (Å²) < 4.78 is 23.8. The molecule has 0 radical (unpaired) electrons. The van der Waals surface area contributed by atoms with Crippen LogP contribution in [0.15, 0.2) is 17.1 Å². The molecule has 0 amide bonds. The molecule has 0 unspecified atom stereocenters. The lowest BCUT2D eigenvalue weighted by Gasteiger charge is -2.10. The van der Waals surface area contributed by atoms with Crippen molar-refractivity contribution in [2.24, 2.45) is 4.99 Å². The highest BCUT2D eigenvalue weighted by Gasteiger charge is 2.07. The fourth-order valence-corrected chi connectivity index (χ4v) is 2.10. The van der Waals surface area contributed by atoms with Crippen LogP contribution in [0.25, 0.3) is 0 Å². The van der Waals surface area contributed by atoms with Crippen LogP contribution in [-0.4, -0.2) is 30.7 Å². The third kappa shape index (κ3) is 4.67. The summed E-state index contributed by atoms with van der Waals surface area (Å²) in [6.45, 7) is 0.416. The van der Waals surface area contributed by atoms with Gasteiger partial charge < -0.3 is 5.32 Å². The second-order valence-electron chi connectivity index (χ2n) is 4.69. The Morgan fingerprint density at radius 1 is 1.26 bits per heavy atom. The highest BCUT2D eigenvalue weighted by atomic mass is 19.3. The molecule has 0 fully saturated rings. The summed E-state index contributed by atoms with van der Waals surface area (Å²) in [6, 6.07) is 4.15. The van der Waals surface area contributed by atoms with Crippen LogP contribution in [0.2, 0.25) is 0 Å². The van der Waals surface area contributed by atoms with E-state index in [1.54, 1.807) is 0 Å². The second-order valence-corrected chi connectivity index (χ2v) is 4.69. The average Bonchev–Trinajstić information content (AvgIpc) is 2.42. The van der Waals surface area contributed by atoms with Crippen molar-refractivity contribution in [3.8, 4) is 0 Å². The number of nitrogens with zero attached hydrogens (tertiary/aromatic N) is 2. The molecule has 1 aliphatic rings. The minimum Gasteiger partial charge on any atom is -0.311 e. The van der Waals surface area contributed by atoms with Gasteiger partial charge in [0, 0.05) is 11.9 Å². The Morgan fingerprint density at radius 2 is 2.16 bits per heavy atom. The molecular formula is C14H19F2N3. The molecule has 0 aromatic carbocycles. The first kappa shape index (κ1) is 14.1. The van der Waals surface area contributed by atoms with Gasteiger partial charge in [-0.15, -0.1) is 0 Å². The molecule has 2 heterocycles. The van der Waals surface area contributed by atoms with Crippen LogP contribution in [0, 0.1) is 0 Å². The zero-order chi connectivity index (χ0) is 13.5. The molecule has 0 spiro atoms. The molecule has 1 aromatic rings. The van der Waals surface area contributed by atoms with Crippen LogP contribution in [0.1, 0.15) is 30.5 Å². The smallest absolute Gasteiger partial charge is 0.250 e. The number of unbranched alkanes of at least 4 members (excludes halogenated alkanes) is 1. The average molecular weight is 267 g/mol. The van der Waals surface area contributed by atoms with Crippen LogP contribution in [0.3, 0.4) is 0 Å². The maximum Gasteiger partial charge on any atom is 0.250 e. The molecule has 0 saturated carbocycles. The molecule has 19 heavy (non-hydrogen) atoms. The number of pyridine rings is 1. The number of alkyl halides is 2. The maximum absolute atomic E-state index is 11.9. The van der Waals surface area contributed by atoms with E-state index < -0.39 is 6.43 Å². The lowest BCUT2D eigenvalue weighted by Crippen LogP contribution is -2.22. The van der Waals surface area contributed by atoms with Crippen molar-refractivity contribution in [1.82, 2.24) is 10.3 Å². The molecule has 5 heteroatoms. The number of nitrogens with one attached hydrogen (secondary N) is 1. The van der Waals surface area contributed by atoms with Gasteiger partial charge in [0.05, 0.1) is 6.54 Å². The number of rotatable bonds is 7. The van der Waals surface area contributed by atoms with E-state index >= 15 is 0 Å². The van der Waals surface area contributed by atoms with Crippen LogP contribution < -0.4 is 5.32 Å². The van der Waals surface area contributed by atoms with Crippen LogP contribution in [0.4, 0.5) is 14.6 Å². The second kappa shape index (κ2) is 7.28. The van der Waals surface area contributed by atoms with Gasteiger partial charge in [-0.1, -0.05) is 6.07 Å². The Hall–Kier alpha value is -1.36. The van der Waals surface area contributed by atoms with Gasteiger partial charge in [-0.3, -0.25) is 0 Å². The molecule has 0 atom stereocenters. The van der Waals surface area contributed by atoms with Gasteiger partial charge in [-0.2, -0.15) is 0 Å². The third-order valence-corrected chi connectivity index (χ3v) is 3.11. The van der Waals surface area contributed by atoms with Gasteiger partial charge in [-0.25, -0.2) is 18.8 Å². The Bertz CT molecular complexity index is 433. The van der Waals surface area contributed by atoms with Crippen molar-refractivity contribution in [1.29, 1.82) is 0 Å². The highest BCUT2D eigenvalue weighted by Crippen LogP contribution is 2.22. The lowest BCUT2D eigenvalue weighted by atomic mass is 10.1. The predicted octanol–water partition coefficient (Wildman–Crippen LogP) is 2.91. The SMILES string of the molecule is FC(F)CNCCCCc1ccc2c(n1)N=CCC2. The van der Waals surface area contributed by atoms with Crippen molar-refractivity contribution in [3.63, 3.8) is 0 Å². The first-order valence-electron chi connectivity index (χ1n) is 6.76. The molecule has 0 bridgehead atoms. The van der Waals surface area contributed by atoms with Gasteiger partial charge in [0.15, 0.2) is 5.82 Å². The van der Waals surface area contributed by atoms with E-state index in [0.717, 1.165) is 43.6 Å². The number of aryl methyl sites for hydroxylation is 2. The molecule has 1 N–H and O–H groups in total. The van der Waals surface area contributed by atoms with E-state index in [1.807, 2.05) is 12.3 Å². The number of fused-ring (bicyclic) bond motifs is 1. The van der Waals surface area contributed by atoms with Gasteiger partial charge in [-0.05, 0) is 50.3 Å². The number of halogens is 2. The number of hydrogen-bond donors (Lipinski definition) is 1. The summed E-state index contributed by atoms with van der Waals surface area (Å²) in [5.74, 6) is 0.847. The summed E-state index contributed by atoms with van der Waals surface area (Å²) in [5.41, 5.74) is 2.25. The lowest BCUT2D eigenvalue weighted by molar-refractivity contribution is 0.146. The van der Waals surface area contributed by atoms with E-state index in [9.17, 15) is 8.78 Å². The minimum atomic E-state index is -2.26. The van der Waals surface area contributed by atoms with E-state index in [2.05, 4.69) is 21.4 Å². The van der Waals surface area contributed by atoms with Crippen molar-refractivity contribution in [2.75, 3.05) is 13.1 Å². The first-order chi connectivity index (χ1) is 9.25. The maximum atomic E-state index is 11.9. The predicted molar refractivity (Wildman–Crippen MR) is 72.5 cm³/mol. The van der Waals surface area contributed by atoms with E-state index in [0.29, 0.717) is 6.54 Å². The van der Waals surface area contributed by atoms with Gasteiger partial charge in [0.25, 0.3) is 6.43 Å². The molecule has 0 saturated heterocycles. The Balaban J connectivity index is 1.70. The molecule has 0 aliphatic carbocycles. The molecule has 1 aliphatic heterocycles. The highest BCUT2D eigenvalue weighted by molar-refractivity contribution is 5.66. The molecule has 2 rings (SSSR count). The quantitative estimate of drug-likeness (QED) is 0.771. The summed E-state index contributed by atoms with van der Waals surface area (Å²) in [4.78, 5) is 8.82. The zero-order valence-corrected chi connectivity index (χ0v) is 10.9. The standard InChI is InChI=1S/C14H19F2N3/c15-13(16)10-17-8-2-1-5-12-7-6-11-4-3-9-18-14(11)19-12/h6-7,9,13,17H,1-5,8,10H2. The van der Waals surface area contributed by atoms with Crippen molar-refractivity contribution < 1.29 is 8.78 Å². The summed E-state index contributed by atoms with van der Waals surface area (Å²) in [6.07, 6.45) is 4.36. The third-order valence-electron chi connectivity index (χ3n) is 3.11. The molecular weight excluding hydrogens is 248 g/mol. The fourth-order valence-electron chi connectivity index (χ4n) is 2.10. The van der Waals surface area contributed by atoms with Gasteiger partial charge >= 0.3 is 0 Å².